The summed E-state index contributed by atoms with van der Waals surface area (Å²) in [5, 5.41) is 11.5. The van der Waals surface area contributed by atoms with Gasteiger partial charge in [0.25, 0.3) is 5.91 Å². The lowest BCUT2D eigenvalue weighted by Gasteiger charge is -2.14. The van der Waals surface area contributed by atoms with Gasteiger partial charge in [-0.25, -0.2) is 14.2 Å². The molecule has 156 valence electrons. The molecular weight excluding hydrogens is 403 g/mol. The minimum atomic E-state index is -1.12. The Kier molecular flexibility index (Phi) is 6.48. The molecule has 8 heteroatoms. The van der Waals surface area contributed by atoms with Crippen molar-refractivity contribution in [2.24, 2.45) is 0 Å². The number of anilines is 1. The van der Waals surface area contributed by atoms with E-state index in [9.17, 15) is 14.0 Å². The van der Waals surface area contributed by atoms with Gasteiger partial charge < -0.3 is 19.9 Å². The van der Waals surface area contributed by atoms with Gasteiger partial charge in [-0.15, -0.1) is 6.42 Å². The van der Waals surface area contributed by atoms with Crippen molar-refractivity contribution in [2.75, 3.05) is 5.32 Å². The first-order valence-corrected chi connectivity index (χ1v) is 9.06. The van der Waals surface area contributed by atoms with Crippen molar-refractivity contribution >= 4 is 17.7 Å². The summed E-state index contributed by atoms with van der Waals surface area (Å²) in [5.41, 5.74) is 0.176. The number of rotatable bonds is 7. The molecule has 2 N–H and O–H groups in total. The maximum absolute atomic E-state index is 13.1. The van der Waals surface area contributed by atoms with E-state index >= 15 is 0 Å². The second-order valence-electron chi connectivity index (χ2n) is 6.37. The summed E-state index contributed by atoms with van der Waals surface area (Å²) in [6.45, 7) is 1.67. The lowest BCUT2D eigenvalue weighted by Crippen LogP contribution is -2.14. The lowest BCUT2D eigenvalue weighted by molar-refractivity contribution is 0.0696. The van der Waals surface area contributed by atoms with Crippen molar-refractivity contribution in [3.63, 3.8) is 0 Å². The molecule has 2 aromatic carbocycles. The summed E-state index contributed by atoms with van der Waals surface area (Å²) in [6, 6.07) is 12.6. The van der Waals surface area contributed by atoms with E-state index in [2.05, 4.69) is 16.2 Å². The Morgan fingerprint density at radius 3 is 2.39 bits per heavy atom. The number of nitrogens with one attached hydrogen (secondary N) is 1. The van der Waals surface area contributed by atoms with Crippen LogP contribution in [0.5, 0.6) is 17.2 Å². The van der Waals surface area contributed by atoms with Crippen LogP contribution in [0.2, 0.25) is 0 Å². The first-order valence-electron chi connectivity index (χ1n) is 9.06. The number of carboxylic acid groups (broad SMARTS) is 1. The number of carbonyl (C=O) groups is 2. The van der Waals surface area contributed by atoms with E-state index < -0.39 is 23.8 Å². The van der Waals surface area contributed by atoms with Crippen LogP contribution in [0.3, 0.4) is 0 Å². The average molecular weight is 420 g/mol. The Labute approximate surface area is 177 Å². The maximum atomic E-state index is 13.1. The van der Waals surface area contributed by atoms with Gasteiger partial charge in [-0.2, -0.15) is 0 Å². The van der Waals surface area contributed by atoms with E-state index in [0.29, 0.717) is 11.5 Å². The number of nitrogens with zero attached hydrogens (tertiary/aromatic N) is 1. The van der Waals surface area contributed by atoms with Crippen LogP contribution in [-0.2, 0) is 0 Å². The number of hydrogen-bond acceptors (Lipinski definition) is 5. The molecule has 0 bridgehead atoms. The first kappa shape index (κ1) is 21.3. The van der Waals surface area contributed by atoms with Gasteiger partial charge >= 0.3 is 5.97 Å². The van der Waals surface area contributed by atoms with Crippen LogP contribution in [0, 0.1) is 18.2 Å². The number of amides is 1. The molecule has 0 aliphatic rings. The molecule has 7 nitrogen and oxygen atoms in total. The number of carboxylic acids is 1. The van der Waals surface area contributed by atoms with Gasteiger partial charge in [0.2, 0.25) is 0 Å². The smallest absolute Gasteiger partial charge is 0.337 e. The zero-order chi connectivity index (χ0) is 22.4. The molecule has 1 amide bonds. The van der Waals surface area contributed by atoms with Crippen LogP contribution in [0.15, 0.2) is 60.8 Å². The Morgan fingerprint density at radius 1 is 1.06 bits per heavy atom. The number of aromatic nitrogens is 1. The zero-order valence-corrected chi connectivity index (χ0v) is 16.3. The van der Waals surface area contributed by atoms with Gasteiger partial charge in [-0.1, -0.05) is 5.92 Å². The highest BCUT2D eigenvalue weighted by Crippen LogP contribution is 2.28. The summed E-state index contributed by atoms with van der Waals surface area (Å²) in [5.74, 6) is 1.46. The molecule has 3 aromatic rings. The Morgan fingerprint density at radius 2 is 1.77 bits per heavy atom. The van der Waals surface area contributed by atoms with E-state index in [1.807, 2.05) is 0 Å². The molecule has 0 fully saturated rings. The molecule has 0 spiro atoms. The van der Waals surface area contributed by atoms with Crippen molar-refractivity contribution < 1.29 is 28.6 Å². The third kappa shape index (κ3) is 5.81. The average Bonchev–Trinajstić information content (AvgIpc) is 2.75. The van der Waals surface area contributed by atoms with Gasteiger partial charge in [-0.05, 0) is 55.5 Å². The number of pyridine rings is 1. The van der Waals surface area contributed by atoms with Gasteiger partial charge in [0.05, 0.1) is 5.56 Å². The van der Waals surface area contributed by atoms with E-state index in [1.54, 1.807) is 13.0 Å². The van der Waals surface area contributed by atoms with Crippen molar-refractivity contribution in [3.8, 4) is 29.6 Å². The van der Waals surface area contributed by atoms with Crippen LogP contribution in [0.25, 0.3) is 0 Å². The summed E-state index contributed by atoms with van der Waals surface area (Å²) >= 11 is 0. The third-order valence-electron chi connectivity index (χ3n) is 3.99. The highest BCUT2D eigenvalue weighted by molar-refractivity contribution is 6.04. The standard InChI is InChI=1S/C23H17FN2O5/c1-3-14(2)30-19-10-16(11-20(12-19)31-18-7-5-17(24)6-8-18)22(27)26-21-9-4-15(13-25-21)23(28)29/h1,4-14H,2H3,(H,28,29)(H,25,26,27)/t14-/m0/s1. The van der Waals surface area contributed by atoms with Gasteiger partial charge in [0, 0.05) is 17.8 Å². The maximum Gasteiger partial charge on any atom is 0.337 e. The molecule has 0 saturated carbocycles. The SMILES string of the molecule is C#C[C@H](C)Oc1cc(Oc2ccc(F)cc2)cc(C(=O)Nc2ccc(C(=O)O)cn2)c1. The van der Waals surface area contributed by atoms with Crippen molar-refractivity contribution in [3.05, 3.63) is 77.7 Å². The van der Waals surface area contributed by atoms with Crippen molar-refractivity contribution in [1.29, 1.82) is 0 Å². The second kappa shape index (κ2) is 9.41. The van der Waals surface area contributed by atoms with Gasteiger partial charge in [0.1, 0.15) is 28.9 Å². The summed E-state index contributed by atoms with van der Waals surface area (Å²) in [7, 11) is 0. The van der Waals surface area contributed by atoms with E-state index in [-0.39, 0.29) is 22.7 Å². The van der Waals surface area contributed by atoms with Gasteiger partial charge in [-0.3, -0.25) is 4.79 Å². The minimum Gasteiger partial charge on any atom is -0.478 e. The second-order valence-corrected chi connectivity index (χ2v) is 6.37. The zero-order valence-electron chi connectivity index (χ0n) is 16.3. The first-order chi connectivity index (χ1) is 14.8. The minimum absolute atomic E-state index is 0.00773. The molecule has 1 heterocycles. The number of carbonyl (C=O) groups excluding carboxylic acids is 1. The molecule has 0 aliphatic carbocycles. The Balaban J connectivity index is 1.86. The molecule has 1 aromatic heterocycles. The highest BCUT2D eigenvalue weighted by atomic mass is 19.1. The van der Waals surface area contributed by atoms with Crippen LogP contribution >= 0.6 is 0 Å². The van der Waals surface area contributed by atoms with Crippen molar-refractivity contribution in [1.82, 2.24) is 4.98 Å². The third-order valence-corrected chi connectivity index (χ3v) is 3.99. The Bertz CT molecular complexity index is 1140. The molecular formula is C23H17FN2O5. The van der Waals surface area contributed by atoms with Crippen molar-refractivity contribution in [2.45, 2.75) is 13.0 Å². The fourth-order valence-corrected chi connectivity index (χ4v) is 2.49. The molecule has 0 aliphatic heterocycles. The molecule has 1 atom stereocenters. The normalized spacial score (nSPS) is 11.1. The molecule has 0 unspecified atom stereocenters. The summed E-state index contributed by atoms with van der Waals surface area (Å²) in [4.78, 5) is 27.6. The van der Waals surface area contributed by atoms with Crippen LogP contribution in [0.4, 0.5) is 10.2 Å². The van der Waals surface area contributed by atoms with Crippen LogP contribution in [0.1, 0.15) is 27.6 Å². The predicted octanol–water partition coefficient (Wildman–Crippen LogP) is 4.36. The molecule has 0 saturated heterocycles. The summed E-state index contributed by atoms with van der Waals surface area (Å²) in [6.07, 6.45) is 5.94. The van der Waals surface area contributed by atoms with Gasteiger partial charge in [0.15, 0.2) is 6.10 Å². The largest absolute Gasteiger partial charge is 0.478 e. The van der Waals surface area contributed by atoms with Crippen LogP contribution in [-0.4, -0.2) is 28.1 Å². The monoisotopic (exact) mass is 420 g/mol. The number of terminal acetylenes is 1. The Hall–Kier alpha value is -4.38. The quantitative estimate of drug-likeness (QED) is 0.551. The fourth-order valence-electron chi connectivity index (χ4n) is 2.49. The van der Waals surface area contributed by atoms with E-state index in [0.717, 1.165) is 6.20 Å². The number of hydrogen-bond donors (Lipinski definition) is 2. The summed E-state index contributed by atoms with van der Waals surface area (Å²) < 4.78 is 24.5. The van der Waals surface area contributed by atoms with Crippen LogP contribution < -0.4 is 14.8 Å². The molecule has 3 rings (SSSR count). The van der Waals surface area contributed by atoms with E-state index in [1.165, 1.54) is 48.5 Å². The number of halogens is 1. The number of benzene rings is 2. The predicted molar refractivity (Wildman–Crippen MR) is 111 cm³/mol. The number of aromatic carboxylic acids is 1. The molecule has 31 heavy (non-hydrogen) atoms. The molecule has 0 radical (unpaired) electrons. The number of ether oxygens (including phenoxy) is 2. The highest BCUT2D eigenvalue weighted by Gasteiger charge is 2.14. The lowest BCUT2D eigenvalue weighted by atomic mass is 10.1. The fraction of sp³-hybridized carbons (Fsp3) is 0.0870. The van der Waals surface area contributed by atoms with E-state index in [4.69, 9.17) is 21.0 Å². The topological polar surface area (TPSA) is 97.8 Å².